The van der Waals surface area contributed by atoms with Crippen LogP contribution in [0.2, 0.25) is 0 Å². The molecule has 1 aliphatic heterocycles. The van der Waals surface area contributed by atoms with E-state index < -0.39 is 9.84 Å². The van der Waals surface area contributed by atoms with Crippen LogP contribution >= 0.6 is 0 Å². The van der Waals surface area contributed by atoms with Crippen LogP contribution in [-0.2, 0) is 16.4 Å². The molecule has 1 fully saturated rings. The average molecular weight is 258 g/mol. The maximum atomic E-state index is 11.4. The lowest BCUT2D eigenvalue weighted by molar-refractivity contribution is 0.478. The molecule has 17 heavy (non-hydrogen) atoms. The molecule has 0 saturated carbocycles. The minimum absolute atomic E-state index is 0.0885. The zero-order valence-corrected chi connectivity index (χ0v) is 10.5. The van der Waals surface area contributed by atoms with Gasteiger partial charge in [-0.3, -0.25) is 0 Å². The first kappa shape index (κ1) is 12.6. The van der Waals surface area contributed by atoms with E-state index in [0.29, 0.717) is 6.54 Å². The lowest BCUT2D eigenvalue weighted by atomic mass is 10.2. The fourth-order valence-electron chi connectivity index (χ4n) is 1.95. The third-order valence-electron chi connectivity index (χ3n) is 2.88. The zero-order valence-electron chi connectivity index (χ0n) is 9.69. The summed E-state index contributed by atoms with van der Waals surface area (Å²) in [6, 6.07) is 2.00. The van der Waals surface area contributed by atoms with Crippen LogP contribution in [0.15, 0.2) is 23.0 Å². The van der Waals surface area contributed by atoms with Gasteiger partial charge in [-0.1, -0.05) is 0 Å². The Morgan fingerprint density at radius 3 is 3.12 bits per heavy atom. The molecule has 0 aromatic carbocycles. The second-order valence-electron chi connectivity index (χ2n) is 4.36. The Bertz CT molecular complexity index is 428. The normalized spacial score (nSPS) is 23.6. The number of nitrogens with one attached hydrogen (secondary N) is 2. The van der Waals surface area contributed by atoms with E-state index >= 15 is 0 Å². The van der Waals surface area contributed by atoms with Gasteiger partial charge in [-0.25, -0.2) is 8.42 Å². The molecule has 1 aliphatic rings. The summed E-state index contributed by atoms with van der Waals surface area (Å²) in [5, 5.41) is 6.50. The van der Waals surface area contributed by atoms with E-state index in [2.05, 4.69) is 10.6 Å². The number of rotatable bonds is 5. The molecule has 1 unspecified atom stereocenters. The molecule has 2 rings (SSSR count). The molecule has 1 aromatic rings. The number of hydrogen-bond acceptors (Lipinski definition) is 5. The molecule has 96 valence electrons. The summed E-state index contributed by atoms with van der Waals surface area (Å²) in [5.41, 5.74) is 1.11. The standard InChI is InChI=1S/C11H18N2O3S/c14-17(15)6-4-13-11(9-17)1-3-12-7-10-2-5-16-8-10/h2,5,8,11-13H,1,3-4,6-7,9H2. The van der Waals surface area contributed by atoms with Gasteiger partial charge >= 0.3 is 0 Å². The molecular weight excluding hydrogens is 240 g/mol. The summed E-state index contributed by atoms with van der Waals surface area (Å²) in [6.45, 7) is 2.14. The van der Waals surface area contributed by atoms with Crippen molar-refractivity contribution in [3.63, 3.8) is 0 Å². The van der Waals surface area contributed by atoms with Gasteiger partial charge in [-0.05, 0) is 19.0 Å². The summed E-state index contributed by atoms with van der Waals surface area (Å²) in [7, 11) is -2.82. The van der Waals surface area contributed by atoms with E-state index in [1.54, 1.807) is 12.5 Å². The van der Waals surface area contributed by atoms with Gasteiger partial charge < -0.3 is 15.1 Å². The van der Waals surface area contributed by atoms with Crippen molar-refractivity contribution in [2.24, 2.45) is 0 Å². The minimum atomic E-state index is -2.82. The summed E-state index contributed by atoms with van der Waals surface area (Å²) in [5.74, 6) is 0.534. The lowest BCUT2D eigenvalue weighted by Gasteiger charge is -2.23. The highest BCUT2D eigenvalue weighted by Gasteiger charge is 2.23. The van der Waals surface area contributed by atoms with E-state index in [1.165, 1.54) is 0 Å². The second kappa shape index (κ2) is 5.66. The number of sulfone groups is 1. The van der Waals surface area contributed by atoms with Crippen molar-refractivity contribution in [1.82, 2.24) is 10.6 Å². The Hall–Kier alpha value is -0.850. The Labute approximate surface area is 101 Å². The maximum Gasteiger partial charge on any atom is 0.153 e. The highest BCUT2D eigenvalue weighted by molar-refractivity contribution is 7.91. The molecule has 1 aromatic heterocycles. The first-order chi connectivity index (χ1) is 8.16. The quantitative estimate of drug-likeness (QED) is 0.735. The predicted molar refractivity (Wildman–Crippen MR) is 65.5 cm³/mol. The zero-order chi connectivity index (χ0) is 12.1. The van der Waals surface area contributed by atoms with E-state index in [0.717, 1.165) is 25.1 Å². The topological polar surface area (TPSA) is 71.3 Å². The largest absolute Gasteiger partial charge is 0.472 e. The van der Waals surface area contributed by atoms with Crippen molar-refractivity contribution in [1.29, 1.82) is 0 Å². The molecular formula is C11H18N2O3S. The van der Waals surface area contributed by atoms with Gasteiger partial charge in [0.25, 0.3) is 0 Å². The molecule has 5 nitrogen and oxygen atoms in total. The van der Waals surface area contributed by atoms with Crippen LogP contribution in [0.5, 0.6) is 0 Å². The molecule has 1 atom stereocenters. The minimum Gasteiger partial charge on any atom is -0.472 e. The van der Waals surface area contributed by atoms with E-state index in [-0.39, 0.29) is 17.5 Å². The number of furan rings is 1. The van der Waals surface area contributed by atoms with Crippen LogP contribution in [0.1, 0.15) is 12.0 Å². The van der Waals surface area contributed by atoms with E-state index in [9.17, 15) is 8.42 Å². The van der Waals surface area contributed by atoms with Gasteiger partial charge in [0.1, 0.15) is 0 Å². The van der Waals surface area contributed by atoms with Crippen molar-refractivity contribution in [2.75, 3.05) is 24.6 Å². The predicted octanol–water partition coefficient (Wildman–Crippen LogP) is 0.146. The second-order valence-corrected chi connectivity index (χ2v) is 6.59. The van der Waals surface area contributed by atoms with E-state index in [4.69, 9.17) is 4.42 Å². The third-order valence-corrected chi connectivity index (χ3v) is 4.62. The van der Waals surface area contributed by atoms with Gasteiger partial charge in [-0.15, -0.1) is 0 Å². The van der Waals surface area contributed by atoms with Gasteiger partial charge in [0.15, 0.2) is 9.84 Å². The fourth-order valence-corrected chi connectivity index (χ4v) is 3.45. The molecule has 0 spiro atoms. The summed E-state index contributed by atoms with van der Waals surface area (Å²) < 4.78 is 27.8. The first-order valence-electron chi connectivity index (χ1n) is 5.81. The van der Waals surface area contributed by atoms with Crippen molar-refractivity contribution in [2.45, 2.75) is 19.0 Å². The summed E-state index contributed by atoms with van der Waals surface area (Å²) in [4.78, 5) is 0. The van der Waals surface area contributed by atoms with Crippen molar-refractivity contribution < 1.29 is 12.8 Å². The monoisotopic (exact) mass is 258 g/mol. The molecule has 6 heteroatoms. The molecule has 2 heterocycles. The molecule has 0 bridgehead atoms. The Balaban J connectivity index is 1.65. The SMILES string of the molecule is O=S1(=O)CCNC(CCNCc2ccoc2)C1. The molecule has 2 N–H and O–H groups in total. The van der Waals surface area contributed by atoms with Crippen molar-refractivity contribution in [3.8, 4) is 0 Å². The average Bonchev–Trinajstić information content (AvgIpc) is 2.76. The maximum absolute atomic E-state index is 11.4. The third kappa shape index (κ3) is 4.14. The fraction of sp³-hybridized carbons (Fsp3) is 0.636. The molecule has 0 radical (unpaired) electrons. The number of hydrogen-bond donors (Lipinski definition) is 2. The van der Waals surface area contributed by atoms with Crippen LogP contribution in [0, 0.1) is 0 Å². The van der Waals surface area contributed by atoms with Crippen molar-refractivity contribution in [3.05, 3.63) is 24.2 Å². The smallest absolute Gasteiger partial charge is 0.153 e. The van der Waals surface area contributed by atoms with Gasteiger partial charge in [0, 0.05) is 24.7 Å². The first-order valence-corrected chi connectivity index (χ1v) is 7.63. The Kier molecular flexibility index (Phi) is 4.20. The van der Waals surface area contributed by atoms with Crippen LogP contribution in [0.4, 0.5) is 0 Å². The van der Waals surface area contributed by atoms with Crippen LogP contribution in [0.3, 0.4) is 0 Å². The lowest BCUT2D eigenvalue weighted by Crippen LogP contribution is -2.46. The van der Waals surface area contributed by atoms with Crippen LogP contribution < -0.4 is 10.6 Å². The van der Waals surface area contributed by atoms with Gasteiger partial charge in [-0.2, -0.15) is 0 Å². The molecule has 1 saturated heterocycles. The van der Waals surface area contributed by atoms with Crippen molar-refractivity contribution >= 4 is 9.84 Å². The molecule has 0 amide bonds. The highest BCUT2D eigenvalue weighted by Crippen LogP contribution is 2.04. The Morgan fingerprint density at radius 2 is 2.41 bits per heavy atom. The highest BCUT2D eigenvalue weighted by atomic mass is 32.2. The van der Waals surface area contributed by atoms with E-state index in [1.807, 2.05) is 6.07 Å². The Morgan fingerprint density at radius 1 is 1.53 bits per heavy atom. The van der Waals surface area contributed by atoms with Crippen LogP contribution in [0.25, 0.3) is 0 Å². The van der Waals surface area contributed by atoms with Gasteiger partial charge in [0.05, 0.1) is 24.0 Å². The van der Waals surface area contributed by atoms with Crippen LogP contribution in [-0.4, -0.2) is 39.1 Å². The summed E-state index contributed by atoms with van der Waals surface area (Å²) >= 11 is 0. The van der Waals surface area contributed by atoms with Gasteiger partial charge in [0.2, 0.25) is 0 Å². The molecule has 0 aliphatic carbocycles. The summed E-state index contributed by atoms with van der Waals surface area (Å²) in [6.07, 6.45) is 4.18.